The Labute approximate surface area is 133 Å². The van der Waals surface area contributed by atoms with Gasteiger partial charge in [-0.05, 0) is 17.5 Å². The predicted molar refractivity (Wildman–Crippen MR) is 88.1 cm³/mol. The molecule has 2 aromatic rings. The molecule has 4 nitrogen and oxygen atoms in total. The third-order valence-electron chi connectivity index (χ3n) is 3.63. The van der Waals surface area contributed by atoms with Gasteiger partial charge in [0.15, 0.2) is 11.5 Å². The van der Waals surface area contributed by atoms with Crippen molar-refractivity contribution < 1.29 is 14.3 Å². The van der Waals surface area contributed by atoms with Crippen LogP contribution >= 0.6 is 11.3 Å². The molecule has 0 saturated heterocycles. The maximum Gasteiger partial charge on any atom is 0.225 e. The first-order valence-corrected chi connectivity index (χ1v) is 7.90. The van der Waals surface area contributed by atoms with Crippen molar-refractivity contribution in [1.82, 2.24) is 0 Å². The lowest BCUT2D eigenvalue weighted by Crippen LogP contribution is -2.22. The highest BCUT2D eigenvalue weighted by Gasteiger charge is 2.30. The lowest BCUT2D eigenvalue weighted by molar-refractivity contribution is -0.116. The first kappa shape index (κ1) is 14.7. The number of carbonyl (C=O) groups excluding carboxylic acids is 1. The minimum atomic E-state index is -0.0151. The zero-order valence-electron chi connectivity index (χ0n) is 12.3. The maximum atomic E-state index is 12.0. The molecule has 22 heavy (non-hydrogen) atoms. The fraction of sp³-hybridized carbons (Fsp3) is 0.235. The Morgan fingerprint density at radius 3 is 3.09 bits per heavy atom. The SMILES string of the molecule is C=CCOc1c(OC)cccc1[C@@H]1CC(=O)Nc2ccsc21. The van der Waals surface area contributed by atoms with E-state index >= 15 is 0 Å². The fourth-order valence-electron chi connectivity index (χ4n) is 2.69. The van der Waals surface area contributed by atoms with E-state index in [1.54, 1.807) is 24.5 Å². The number of methoxy groups -OCH3 is 1. The monoisotopic (exact) mass is 315 g/mol. The van der Waals surface area contributed by atoms with E-state index in [4.69, 9.17) is 9.47 Å². The number of benzene rings is 1. The zero-order chi connectivity index (χ0) is 15.5. The Hall–Kier alpha value is -2.27. The van der Waals surface area contributed by atoms with Crippen molar-refractivity contribution in [1.29, 1.82) is 0 Å². The van der Waals surface area contributed by atoms with Gasteiger partial charge in [-0.2, -0.15) is 0 Å². The lowest BCUT2D eigenvalue weighted by Gasteiger charge is -2.25. The van der Waals surface area contributed by atoms with Crippen LogP contribution in [0.25, 0.3) is 0 Å². The van der Waals surface area contributed by atoms with Crippen molar-refractivity contribution in [3.63, 3.8) is 0 Å². The van der Waals surface area contributed by atoms with Crippen LogP contribution in [0.15, 0.2) is 42.3 Å². The van der Waals surface area contributed by atoms with E-state index in [-0.39, 0.29) is 11.8 Å². The fourth-order valence-corrected chi connectivity index (χ4v) is 3.66. The van der Waals surface area contributed by atoms with Crippen LogP contribution in [0.5, 0.6) is 11.5 Å². The van der Waals surface area contributed by atoms with Gasteiger partial charge in [-0.3, -0.25) is 4.79 Å². The number of hydrogen-bond donors (Lipinski definition) is 1. The summed E-state index contributed by atoms with van der Waals surface area (Å²) in [7, 11) is 1.62. The molecule has 0 radical (unpaired) electrons. The molecule has 0 fully saturated rings. The van der Waals surface area contributed by atoms with Crippen LogP contribution in [0, 0.1) is 0 Å². The second kappa shape index (κ2) is 6.23. The largest absolute Gasteiger partial charge is 0.493 e. The van der Waals surface area contributed by atoms with E-state index in [0.29, 0.717) is 24.5 Å². The van der Waals surface area contributed by atoms with Crippen molar-refractivity contribution >= 4 is 22.9 Å². The molecular weight excluding hydrogens is 298 g/mol. The molecule has 1 amide bonds. The number of fused-ring (bicyclic) bond motifs is 1. The molecule has 1 aromatic carbocycles. The standard InChI is InChI=1S/C17H17NO3S/c1-3-8-21-16-11(5-4-6-14(16)20-2)12-10-15(19)18-13-7-9-22-17(12)13/h3-7,9,12H,1,8,10H2,2H3,(H,18,19)/t12-/m0/s1. The average molecular weight is 315 g/mol. The number of anilines is 1. The van der Waals surface area contributed by atoms with E-state index in [1.807, 2.05) is 29.6 Å². The van der Waals surface area contributed by atoms with Gasteiger partial charge in [0, 0.05) is 22.8 Å². The van der Waals surface area contributed by atoms with Gasteiger partial charge in [-0.25, -0.2) is 0 Å². The summed E-state index contributed by atoms with van der Waals surface area (Å²) in [5, 5.41) is 4.91. The summed E-state index contributed by atoms with van der Waals surface area (Å²) in [5.41, 5.74) is 1.86. The summed E-state index contributed by atoms with van der Waals surface area (Å²) in [5.74, 6) is 1.36. The normalized spacial score (nSPS) is 16.6. The molecule has 1 aliphatic rings. The minimum Gasteiger partial charge on any atom is -0.493 e. The number of thiophene rings is 1. The second-order valence-electron chi connectivity index (χ2n) is 4.98. The highest BCUT2D eigenvalue weighted by molar-refractivity contribution is 7.10. The molecular formula is C17H17NO3S. The van der Waals surface area contributed by atoms with E-state index in [2.05, 4.69) is 11.9 Å². The van der Waals surface area contributed by atoms with Crippen LogP contribution in [-0.2, 0) is 4.79 Å². The van der Waals surface area contributed by atoms with Gasteiger partial charge < -0.3 is 14.8 Å². The quantitative estimate of drug-likeness (QED) is 0.854. The molecule has 1 aromatic heterocycles. The first-order valence-electron chi connectivity index (χ1n) is 7.02. The molecule has 0 unspecified atom stereocenters. The molecule has 1 atom stereocenters. The minimum absolute atomic E-state index is 0.0151. The zero-order valence-corrected chi connectivity index (χ0v) is 13.1. The van der Waals surface area contributed by atoms with Crippen LogP contribution in [0.4, 0.5) is 5.69 Å². The number of ether oxygens (including phenoxy) is 2. The van der Waals surface area contributed by atoms with Gasteiger partial charge in [0.1, 0.15) is 6.61 Å². The summed E-state index contributed by atoms with van der Waals surface area (Å²) in [6, 6.07) is 7.72. The second-order valence-corrected chi connectivity index (χ2v) is 5.93. The van der Waals surface area contributed by atoms with Gasteiger partial charge in [-0.15, -0.1) is 11.3 Å². The average Bonchev–Trinajstić information content (AvgIpc) is 2.99. The van der Waals surface area contributed by atoms with Crippen LogP contribution in [0.2, 0.25) is 0 Å². The van der Waals surface area contributed by atoms with Gasteiger partial charge in [0.05, 0.1) is 12.8 Å². The molecule has 1 aliphatic heterocycles. The summed E-state index contributed by atoms with van der Waals surface area (Å²) >= 11 is 1.65. The summed E-state index contributed by atoms with van der Waals surface area (Å²) in [6.07, 6.45) is 2.10. The summed E-state index contributed by atoms with van der Waals surface area (Å²) < 4.78 is 11.2. The van der Waals surface area contributed by atoms with Crippen molar-refractivity contribution in [2.24, 2.45) is 0 Å². The van der Waals surface area contributed by atoms with Crippen LogP contribution in [-0.4, -0.2) is 19.6 Å². The van der Waals surface area contributed by atoms with E-state index < -0.39 is 0 Å². The Morgan fingerprint density at radius 1 is 1.45 bits per heavy atom. The number of para-hydroxylation sites is 1. The lowest BCUT2D eigenvalue weighted by atomic mass is 9.90. The number of hydrogen-bond acceptors (Lipinski definition) is 4. The first-order chi connectivity index (χ1) is 10.7. The van der Waals surface area contributed by atoms with Crippen molar-refractivity contribution in [2.75, 3.05) is 19.0 Å². The predicted octanol–water partition coefficient (Wildman–Crippen LogP) is 3.80. The molecule has 114 valence electrons. The van der Waals surface area contributed by atoms with Gasteiger partial charge in [0.25, 0.3) is 0 Å². The number of nitrogens with one attached hydrogen (secondary N) is 1. The highest BCUT2D eigenvalue weighted by atomic mass is 32.1. The Balaban J connectivity index is 2.08. The summed E-state index contributed by atoms with van der Waals surface area (Å²) in [4.78, 5) is 13.1. The Kier molecular flexibility index (Phi) is 4.15. The van der Waals surface area contributed by atoms with Crippen LogP contribution in [0.3, 0.4) is 0 Å². The van der Waals surface area contributed by atoms with E-state index in [0.717, 1.165) is 16.1 Å². The molecule has 0 aliphatic carbocycles. The molecule has 0 spiro atoms. The molecule has 0 bridgehead atoms. The Bertz CT molecular complexity index is 708. The summed E-state index contributed by atoms with van der Waals surface area (Å²) in [6.45, 7) is 4.08. The van der Waals surface area contributed by atoms with Crippen molar-refractivity contribution in [3.05, 3.63) is 52.7 Å². The van der Waals surface area contributed by atoms with Crippen LogP contribution in [0.1, 0.15) is 22.8 Å². The third kappa shape index (κ3) is 2.60. The van der Waals surface area contributed by atoms with Gasteiger partial charge in [0.2, 0.25) is 5.91 Å². The topological polar surface area (TPSA) is 47.6 Å². The van der Waals surface area contributed by atoms with Crippen molar-refractivity contribution in [3.8, 4) is 11.5 Å². The molecule has 0 saturated carbocycles. The molecule has 1 N–H and O–H groups in total. The molecule has 3 rings (SSSR count). The van der Waals surface area contributed by atoms with Gasteiger partial charge >= 0.3 is 0 Å². The number of carbonyl (C=O) groups is 1. The third-order valence-corrected chi connectivity index (χ3v) is 4.66. The number of rotatable bonds is 5. The van der Waals surface area contributed by atoms with E-state index in [9.17, 15) is 4.79 Å². The van der Waals surface area contributed by atoms with E-state index in [1.165, 1.54) is 0 Å². The van der Waals surface area contributed by atoms with Crippen LogP contribution < -0.4 is 14.8 Å². The van der Waals surface area contributed by atoms with Crippen molar-refractivity contribution in [2.45, 2.75) is 12.3 Å². The molecule has 5 heteroatoms. The van der Waals surface area contributed by atoms with Gasteiger partial charge in [-0.1, -0.05) is 24.8 Å². The molecule has 2 heterocycles. The number of amides is 1. The highest BCUT2D eigenvalue weighted by Crippen LogP contribution is 2.46. The maximum absolute atomic E-state index is 12.0. The smallest absolute Gasteiger partial charge is 0.225 e. The Morgan fingerprint density at radius 2 is 2.32 bits per heavy atom.